The molecular weight excluding hydrogens is 124 g/mol. The van der Waals surface area contributed by atoms with Crippen LogP contribution >= 0.6 is 21.6 Å². The largest absolute Gasteiger partial charge is 0.0971 e. The molecule has 0 nitrogen and oxygen atoms in total. The van der Waals surface area contributed by atoms with Gasteiger partial charge in [0.2, 0.25) is 0 Å². The third-order valence-electron chi connectivity index (χ3n) is 0.333. The van der Waals surface area contributed by atoms with Crippen LogP contribution in [0.5, 0.6) is 0 Å². The lowest BCUT2D eigenvalue weighted by molar-refractivity contribution is 0.810. The third kappa shape index (κ3) is 6.70. The van der Waals surface area contributed by atoms with E-state index in [2.05, 4.69) is 27.0 Å². The maximum atomic E-state index is 2.22. The monoisotopic (exact) mass is 136 g/mol. The van der Waals surface area contributed by atoms with E-state index in [-0.39, 0.29) is 0 Å². The average molecular weight is 136 g/mol. The van der Waals surface area contributed by atoms with Crippen LogP contribution < -0.4 is 0 Å². The minimum Gasteiger partial charge on any atom is -0.0971 e. The van der Waals surface area contributed by atoms with E-state index in [1.54, 1.807) is 0 Å². The first-order chi connectivity index (χ1) is 3.06. The molecule has 0 unspecified atom stereocenters. The van der Waals surface area contributed by atoms with Crippen LogP contribution in [0.15, 0.2) is 0 Å². The van der Waals surface area contributed by atoms with Crippen LogP contribution in [-0.2, 0) is 0 Å². The van der Waals surface area contributed by atoms with E-state index in [9.17, 15) is 0 Å². The highest BCUT2D eigenvalue weighted by molar-refractivity contribution is 8.76. The predicted molar refractivity (Wildman–Crippen MR) is 40.9 cm³/mol. The van der Waals surface area contributed by atoms with Gasteiger partial charge in [-0.3, -0.25) is 0 Å². The summed E-state index contributed by atoms with van der Waals surface area (Å²) in [5, 5.41) is 0. The molecule has 0 aliphatic heterocycles. The quantitative estimate of drug-likeness (QED) is 0.508. The first-order valence-electron chi connectivity index (χ1n) is 2.28. The van der Waals surface area contributed by atoms with Crippen molar-refractivity contribution in [3.05, 3.63) is 0 Å². The molecule has 7 heavy (non-hydrogen) atoms. The molecule has 0 aromatic rings. The highest BCUT2D eigenvalue weighted by Crippen LogP contribution is 2.32. The molecule has 0 radical (unpaired) electrons. The summed E-state index contributed by atoms with van der Waals surface area (Å²) in [7, 11) is 3.73. The van der Waals surface area contributed by atoms with Gasteiger partial charge in [-0.15, -0.1) is 0 Å². The molecular formula is C5H12S2. The van der Waals surface area contributed by atoms with Crippen molar-refractivity contribution in [2.75, 3.05) is 6.26 Å². The van der Waals surface area contributed by atoms with Crippen molar-refractivity contribution >= 4 is 21.6 Å². The molecule has 0 saturated heterocycles. The smallest absolute Gasteiger partial charge is 0.0179 e. The molecule has 0 spiro atoms. The maximum absolute atomic E-state index is 2.22. The molecule has 0 N–H and O–H groups in total. The molecule has 0 rings (SSSR count). The Balaban J connectivity index is 3.15. The first kappa shape index (κ1) is 7.70. The van der Waals surface area contributed by atoms with Gasteiger partial charge in [-0.25, -0.2) is 0 Å². The van der Waals surface area contributed by atoms with Crippen molar-refractivity contribution in [2.45, 2.75) is 25.5 Å². The number of hydrogen-bond donors (Lipinski definition) is 0. The minimum atomic E-state index is 0.430. The Labute approximate surface area is 53.8 Å². The molecule has 44 valence electrons. The molecule has 0 saturated carbocycles. The Morgan fingerprint density at radius 2 is 1.57 bits per heavy atom. The molecule has 0 heterocycles. The first-order valence-corrected chi connectivity index (χ1v) is 4.84. The fraction of sp³-hybridized carbons (Fsp3) is 1.00. The molecule has 0 aliphatic rings. The molecule has 0 aliphatic carbocycles. The Morgan fingerprint density at radius 1 is 1.14 bits per heavy atom. The highest BCUT2D eigenvalue weighted by atomic mass is 33.1. The van der Waals surface area contributed by atoms with Crippen LogP contribution in [0.4, 0.5) is 0 Å². The Morgan fingerprint density at radius 3 is 1.57 bits per heavy atom. The fourth-order valence-corrected chi connectivity index (χ4v) is 2.25. The SMILES string of the molecule is CSSC(C)(C)C. The Hall–Kier alpha value is 0.700. The van der Waals surface area contributed by atoms with Gasteiger partial charge in [0, 0.05) is 4.75 Å². The maximum Gasteiger partial charge on any atom is 0.0179 e. The Bertz CT molecular complexity index is 44.5. The van der Waals surface area contributed by atoms with Gasteiger partial charge in [0.05, 0.1) is 0 Å². The van der Waals surface area contributed by atoms with Crippen molar-refractivity contribution < 1.29 is 0 Å². The Kier molecular flexibility index (Phi) is 3.16. The number of rotatable bonds is 1. The molecule has 0 bridgehead atoms. The van der Waals surface area contributed by atoms with Crippen LogP contribution in [0.3, 0.4) is 0 Å². The van der Waals surface area contributed by atoms with Gasteiger partial charge in [0.15, 0.2) is 0 Å². The number of hydrogen-bond acceptors (Lipinski definition) is 2. The fourth-order valence-electron chi connectivity index (χ4n) is 0.250. The minimum absolute atomic E-state index is 0.430. The normalized spacial score (nSPS) is 12.0. The topological polar surface area (TPSA) is 0 Å². The van der Waals surface area contributed by atoms with Gasteiger partial charge in [-0.05, 0) is 6.26 Å². The summed E-state index contributed by atoms with van der Waals surface area (Å²) >= 11 is 0. The van der Waals surface area contributed by atoms with Crippen molar-refractivity contribution in [3.8, 4) is 0 Å². The van der Waals surface area contributed by atoms with Crippen molar-refractivity contribution in [1.29, 1.82) is 0 Å². The summed E-state index contributed by atoms with van der Waals surface area (Å²) in [5.74, 6) is 0. The molecule has 0 aromatic carbocycles. The molecule has 0 fully saturated rings. The highest BCUT2D eigenvalue weighted by Gasteiger charge is 2.07. The summed E-state index contributed by atoms with van der Waals surface area (Å²) in [6.07, 6.45) is 2.11. The van der Waals surface area contributed by atoms with Crippen LogP contribution in [-0.4, -0.2) is 11.0 Å². The van der Waals surface area contributed by atoms with Gasteiger partial charge in [-0.1, -0.05) is 42.4 Å². The lowest BCUT2D eigenvalue weighted by atomic mass is 10.3. The zero-order chi connectivity index (χ0) is 5.91. The van der Waals surface area contributed by atoms with Gasteiger partial charge >= 0.3 is 0 Å². The van der Waals surface area contributed by atoms with Crippen molar-refractivity contribution in [2.24, 2.45) is 0 Å². The van der Waals surface area contributed by atoms with Crippen LogP contribution in [0.2, 0.25) is 0 Å². The molecule has 0 aromatic heterocycles. The summed E-state index contributed by atoms with van der Waals surface area (Å²) in [4.78, 5) is 0. The van der Waals surface area contributed by atoms with E-state index in [1.165, 1.54) is 0 Å². The van der Waals surface area contributed by atoms with Gasteiger partial charge in [0.1, 0.15) is 0 Å². The molecule has 2 heteroatoms. The lowest BCUT2D eigenvalue weighted by Crippen LogP contribution is -2.03. The van der Waals surface area contributed by atoms with Gasteiger partial charge in [-0.2, -0.15) is 0 Å². The van der Waals surface area contributed by atoms with E-state index in [1.807, 2.05) is 21.6 Å². The van der Waals surface area contributed by atoms with E-state index in [4.69, 9.17) is 0 Å². The summed E-state index contributed by atoms with van der Waals surface area (Å²) in [5.41, 5.74) is 0. The standard InChI is InChI=1S/C5H12S2/c1-5(2,3)7-6-4/h1-4H3. The van der Waals surface area contributed by atoms with Gasteiger partial charge < -0.3 is 0 Å². The van der Waals surface area contributed by atoms with E-state index in [0.29, 0.717) is 4.75 Å². The summed E-state index contributed by atoms with van der Waals surface area (Å²) in [6.45, 7) is 6.65. The van der Waals surface area contributed by atoms with Crippen molar-refractivity contribution in [1.82, 2.24) is 0 Å². The van der Waals surface area contributed by atoms with Crippen molar-refractivity contribution in [3.63, 3.8) is 0 Å². The van der Waals surface area contributed by atoms with Crippen LogP contribution in [0.25, 0.3) is 0 Å². The summed E-state index contributed by atoms with van der Waals surface area (Å²) < 4.78 is 0.430. The second kappa shape index (κ2) is 2.88. The third-order valence-corrected chi connectivity index (χ3v) is 3.00. The van der Waals surface area contributed by atoms with Crippen LogP contribution in [0, 0.1) is 0 Å². The van der Waals surface area contributed by atoms with E-state index in [0.717, 1.165) is 0 Å². The summed E-state index contributed by atoms with van der Waals surface area (Å²) in [6, 6.07) is 0. The van der Waals surface area contributed by atoms with Crippen LogP contribution in [0.1, 0.15) is 20.8 Å². The average Bonchev–Trinajstić information content (AvgIpc) is 1.30. The zero-order valence-electron chi connectivity index (χ0n) is 5.32. The molecule has 0 amide bonds. The second-order valence-corrected chi connectivity index (χ2v) is 5.59. The van der Waals surface area contributed by atoms with E-state index >= 15 is 0 Å². The zero-order valence-corrected chi connectivity index (χ0v) is 6.95. The lowest BCUT2D eigenvalue weighted by Gasteiger charge is -2.13. The van der Waals surface area contributed by atoms with Gasteiger partial charge in [0.25, 0.3) is 0 Å². The predicted octanol–water partition coefficient (Wildman–Crippen LogP) is 2.80. The second-order valence-electron chi connectivity index (χ2n) is 2.36. The molecule has 0 atom stereocenters. The van der Waals surface area contributed by atoms with E-state index < -0.39 is 0 Å².